The van der Waals surface area contributed by atoms with Gasteiger partial charge in [0, 0.05) is 18.6 Å². The SMILES string of the molecule is O=C(O)c1nc(NC2CCN3CCCC23)ccc1Cl. The van der Waals surface area contributed by atoms with Crippen molar-refractivity contribution in [3.63, 3.8) is 0 Å². The molecule has 0 saturated carbocycles. The molecule has 6 heteroatoms. The highest BCUT2D eigenvalue weighted by atomic mass is 35.5. The van der Waals surface area contributed by atoms with Crippen LogP contribution in [0.15, 0.2) is 12.1 Å². The Morgan fingerprint density at radius 2 is 2.26 bits per heavy atom. The lowest BCUT2D eigenvalue weighted by molar-refractivity contribution is 0.0691. The smallest absolute Gasteiger partial charge is 0.356 e. The number of halogens is 1. The van der Waals surface area contributed by atoms with Gasteiger partial charge in [-0.3, -0.25) is 4.90 Å². The monoisotopic (exact) mass is 281 g/mol. The molecular weight excluding hydrogens is 266 g/mol. The van der Waals surface area contributed by atoms with Crippen LogP contribution >= 0.6 is 11.6 Å². The van der Waals surface area contributed by atoms with Crippen LogP contribution in [0, 0.1) is 0 Å². The standard InChI is InChI=1S/C13H16ClN3O2/c14-8-3-4-11(16-12(8)13(18)19)15-9-5-7-17-6-1-2-10(9)17/h3-4,9-10H,1-2,5-7H2,(H,15,16)(H,18,19). The number of aromatic carboxylic acids is 1. The molecule has 3 rings (SSSR count). The van der Waals surface area contributed by atoms with Crippen LogP contribution in [0.3, 0.4) is 0 Å². The minimum Gasteiger partial charge on any atom is -0.476 e. The van der Waals surface area contributed by atoms with Crippen molar-refractivity contribution >= 4 is 23.4 Å². The van der Waals surface area contributed by atoms with Crippen LogP contribution in [-0.2, 0) is 0 Å². The highest BCUT2D eigenvalue weighted by Gasteiger charge is 2.37. The van der Waals surface area contributed by atoms with E-state index in [0.29, 0.717) is 17.9 Å². The Hall–Kier alpha value is -1.33. The number of rotatable bonds is 3. The number of aromatic nitrogens is 1. The van der Waals surface area contributed by atoms with Crippen LogP contribution in [0.2, 0.25) is 5.02 Å². The summed E-state index contributed by atoms with van der Waals surface area (Å²) < 4.78 is 0. The summed E-state index contributed by atoms with van der Waals surface area (Å²) >= 11 is 5.82. The van der Waals surface area contributed by atoms with Gasteiger partial charge in [0.15, 0.2) is 5.69 Å². The minimum absolute atomic E-state index is 0.0899. The Balaban J connectivity index is 1.76. The number of carboxylic acid groups (broad SMARTS) is 1. The summed E-state index contributed by atoms with van der Waals surface area (Å²) in [5.41, 5.74) is -0.0899. The van der Waals surface area contributed by atoms with Crippen molar-refractivity contribution in [3.8, 4) is 0 Å². The second kappa shape index (κ2) is 4.98. The van der Waals surface area contributed by atoms with Crippen LogP contribution < -0.4 is 5.32 Å². The molecule has 0 aliphatic carbocycles. The molecule has 0 bridgehead atoms. The highest BCUT2D eigenvalue weighted by molar-refractivity contribution is 6.33. The summed E-state index contributed by atoms with van der Waals surface area (Å²) in [4.78, 5) is 17.6. The van der Waals surface area contributed by atoms with Crippen molar-refractivity contribution in [3.05, 3.63) is 22.8 Å². The van der Waals surface area contributed by atoms with Crippen LogP contribution in [0.1, 0.15) is 29.8 Å². The average Bonchev–Trinajstić information content (AvgIpc) is 2.96. The number of hydrogen-bond donors (Lipinski definition) is 2. The van der Waals surface area contributed by atoms with E-state index in [1.54, 1.807) is 12.1 Å². The summed E-state index contributed by atoms with van der Waals surface area (Å²) in [5, 5.41) is 12.6. The molecule has 0 aromatic carbocycles. The average molecular weight is 282 g/mol. The zero-order valence-corrected chi connectivity index (χ0v) is 11.2. The van der Waals surface area contributed by atoms with Gasteiger partial charge in [0.2, 0.25) is 0 Å². The van der Waals surface area contributed by atoms with Gasteiger partial charge < -0.3 is 10.4 Å². The Bertz CT molecular complexity index is 509. The molecule has 2 fully saturated rings. The van der Waals surface area contributed by atoms with Crippen LogP contribution in [-0.4, -0.2) is 46.1 Å². The normalized spacial score (nSPS) is 26.4. The summed E-state index contributed by atoms with van der Waals surface area (Å²) in [5.74, 6) is -0.497. The van der Waals surface area contributed by atoms with Crippen LogP contribution in [0.4, 0.5) is 5.82 Å². The first kappa shape index (κ1) is 12.7. The molecule has 2 atom stereocenters. The molecular formula is C13H16ClN3O2. The van der Waals surface area contributed by atoms with Gasteiger partial charge in [0.1, 0.15) is 5.82 Å². The predicted octanol–water partition coefficient (Wildman–Crippen LogP) is 2.08. The van der Waals surface area contributed by atoms with Crippen LogP contribution in [0.25, 0.3) is 0 Å². The molecule has 0 amide bonds. The summed E-state index contributed by atoms with van der Waals surface area (Å²) in [6, 6.07) is 4.25. The number of carboxylic acids is 1. The highest BCUT2D eigenvalue weighted by Crippen LogP contribution is 2.30. The third-order valence-corrected chi connectivity index (χ3v) is 4.29. The molecule has 1 aromatic rings. The molecule has 5 nitrogen and oxygen atoms in total. The molecule has 3 heterocycles. The van der Waals surface area contributed by atoms with Gasteiger partial charge in [0.05, 0.1) is 5.02 Å². The summed E-state index contributed by atoms with van der Waals surface area (Å²) in [7, 11) is 0. The Morgan fingerprint density at radius 1 is 1.42 bits per heavy atom. The fourth-order valence-electron chi connectivity index (χ4n) is 3.11. The van der Waals surface area contributed by atoms with E-state index in [1.165, 1.54) is 19.4 Å². The number of hydrogen-bond acceptors (Lipinski definition) is 4. The van der Waals surface area contributed by atoms with Gasteiger partial charge in [-0.05, 0) is 37.9 Å². The first-order valence-corrected chi connectivity index (χ1v) is 6.93. The number of nitrogens with zero attached hydrogens (tertiary/aromatic N) is 2. The largest absolute Gasteiger partial charge is 0.476 e. The van der Waals surface area contributed by atoms with Gasteiger partial charge in [-0.2, -0.15) is 0 Å². The molecule has 0 radical (unpaired) electrons. The van der Waals surface area contributed by atoms with Crippen molar-refractivity contribution in [1.29, 1.82) is 0 Å². The predicted molar refractivity (Wildman–Crippen MR) is 72.8 cm³/mol. The zero-order valence-electron chi connectivity index (χ0n) is 10.5. The van der Waals surface area contributed by atoms with Crippen molar-refractivity contribution in [2.24, 2.45) is 0 Å². The van der Waals surface area contributed by atoms with Gasteiger partial charge >= 0.3 is 5.97 Å². The Morgan fingerprint density at radius 3 is 3.05 bits per heavy atom. The maximum Gasteiger partial charge on any atom is 0.356 e. The maximum absolute atomic E-state index is 11.0. The Labute approximate surface area is 116 Å². The molecule has 2 unspecified atom stereocenters. The van der Waals surface area contributed by atoms with Crippen molar-refractivity contribution in [1.82, 2.24) is 9.88 Å². The van der Waals surface area contributed by atoms with Crippen molar-refractivity contribution < 1.29 is 9.90 Å². The van der Waals surface area contributed by atoms with Crippen molar-refractivity contribution in [2.75, 3.05) is 18.4 Å². The topological polar surface area (TPSA) is 65.5 Å². The minimum atomic E-state index is -1.09. The zero-order chi connectivity index (χ0) is 13.4. The van der Waals surface area contributed by atoms with Crippen LogP contribution in [0.5, 0.6) is 0 Å². The molecule has 2 N–H and O–H groups in total. The van der Waals surface area contributed by atoms with E-state index in [-0.39, 0.29) is 10.7 Å². The molecule has 102 valence electrons. The number of pyridine rings is 1. The van der Waals surface area contributed by atoms with Gasteiger partial charge in [0.25, 0.3) is 0 Å². The Kier molecular flexibility index (Phi) is 3.33. The van der Waals surface area contributed by atoms with E-state index in [2.05, 4.69) is 15.2 Å². The fourth-order valence-corrected chi connectivity index (χ4v) is 3.30. The quantitative estimate of drug-likeness (QED) is 0.888. The molecule has 2 aliphatic rings. The molecule has 2 aliphatic heterocycles. The second-order valence-electron chi connectivity index (χ2n) is 5.12. The maximum atomic E-state index is 11.0. The third-order valence-electron chi connectivity index (χ3n) is 3.99. The molecule has 1 aromatic heterocycles. The van der Waals surface area contributed by atoms with E-state index in [9.17, 15) is 4.79 Å². The van der Waals surface area contributed by atoms with E-state index in [0.717, 1.165) is 13.0 Å². The lowest BCUT2D eigenvalue weighted by atomic mass is 10.1. The van der Waals surface area contributed by atoms with Gasteiger partial charge in [-0.1, -0.05) is 11.6 Å². The lowest BCUT2D eigenvalue weighted by Crippen LogP contribution is -2.34. The molecule has 19 heavy (non-hydrogen) atoms. The third kappa shape index (κ3) is 2.40. The van der Waals surface area contributed by atoms with Crippen molar-refractivity contribution in [2.45, 2.75) is 31.3 Å². The first-order valence-electron chi connectivity index (χ1n) is 6.55. The molecule has 0 spiro atoms. The second-order valence-corrected chi connectivity index (χ2v) is 5.52. The number of carbonyl (C=O) groups is 1. The van der Waals surface area contributed by atoms with Gasteiger partial charge in [-0.25, -0.2) is 9.78 Å². The summed E-state index contributed by atoms with van der Waals surface area (Å²) in [6.45, 7) is 2.29. The van der Waals surface area contributed by atoms with E-state index >= 15 is 0 Å². The number of nitrogens with one attached hydrogen (secondary N) is 1. The summed E-state index contributed by atoms with van der Waals surface area (Å²) in [6.07, 6.45) is 3.53. The number of fused-ring (bicyclic) bond motifs is 1. The first-order chi connectivity index (χ1) is 9.15. The fraction of sp³-hybridized carbons (Fsp3) is 0.538. The van der Waals surface area contributed by atoms with E-state index in [4.69, 9.17) is 16.7 Å². The van der Waals surface area contributed by atoms with E-state index in [1.807, 2.05) is 0 Å². The molecule has 2 saturated heterocycles. The van der Waals surface area contributed by atoms with E-state index < -0.39 is 5.97 Å². The number of anilines is 1. The van der Waals surface area contributed by atoms with Gasteiger partial charge in [-0.15, -0.1) is 0 Å². The lowest BCUT2D eigenvalue weighted by Gasteiger charge is -2.21.